The average molecular weight is 525 g/mol. The molecule has 2 aliphatic heterocycles. The molecule has 0 N–H and O–H groups in total. The maximum Gasteiger partial charge on any atom is 0.295 e. The number of ketones is 1. The summed E-state index contributed by atoms with van der Waals surface area (Å²) in [5, 5.41) is 4.17. The molecule has 2 aliphatic carbocycles. The maximum atomic E-state index is 14.2. The zero-order valence-corrected chi connectivity index (χ0v) is 22.0. The molecule has 1 amide bonds. The molecule has 0 spiro atoms. The number of aryl methyl sites for hydroxylation is 1. The summed E-state index contributed by atoms with van der Waals surface area (Å²) in [6, 6.07) is 18.7. The number of fused-ring (bicyclic) bond motifs is 3. The molecule has 7 rings (SSSR count). The molecule has 7 heteroatoms. The summed E-state index contributed by atoms with van der Waals surface area (Å²) < 4.78 is 18.0. The molecule has 3 heterocycles. The fourth-order valence-corrected chi connectivity index (χ4v) is 7.16. The van der Waals surface area contributed by atoms with Crippen molar-refractivity contribution in [2.24, 2.45) is 17.8 Å². The maximum absolute atomic E-state index is 14.2. The van der Waals surface area contributed by atoms with Gasteiger partial charge in [-0.1, -0.05) is 66.9 Å². The molecule has 0 saturated heterocycles. The van der Waals surface area contributed by atoms with Crippen molar-refractivity contribution in [1.82, 2.24) is 5.16 Å². The van der Waals surface area contributed by atoms with Gasteiger partial charge in [0, 0.05) is 6.07 Å². The van der Waals surface area contributed by atoms with Crippen LogP contribution in [0, 0.1) is 24.7 Å². The minimum atomic E-state index is -0.658. The van der Waals surface area contributed by atoms with Gasteiger partial charge in [0.25, 0.3) is 5.91 Å². The average Bonchev–Trinajstić information content (AvgIpc) is 3.53. The van der Waals surface area contributed by atoms with E-state index in [1.165, 1.54) is 12.8 Å². The van der Waals surface area contributed by atoms with E-state index in [4.69, 9.17) is 14.0 Å². The van der Waals surface area contributed by atoms with Gasteiger partial charge in [-0.15, -0.1) is 0 Å². The molecule has 5 unspecified atom stereocenters. The van der Waals surface area contributed by atoms with Gasteiger partial charge in [-0.05, 0) is 61.3 Å². The SMILES string of the molecule is Cc1cc(N2C(=O)C3=C(C(=O)C4CCC5CCCCC5C4O3)C2c2cccc(OCc3ccccc3)c2)no1. The Bertz CT molecular complexity index is 1440. The van der Waals surface area contributed by atoms with Gasteiger partial charge in [0.1, 0.15) is 24.2 Å². The van der Waals surface area contributed by atoms with E-state index in [0.29, 0.717) is 41.3 Å². The summed E-state index contributed by atoms with van der Waals surface area (Å²) >= 11 is 0. The molecule has 39 heavy (non-hydrogen) atoms. The first-order valence-corrected chi connectivity index (χ1v) is 14.1. The van der Waals surface area contributed by atoms with Crippen molar-refractivity contribution < 1.29 is 23.6 Å². The lowest BCUT2D eigenvalue weighted by Crippen LogP contribution is -2.48. The number of aromatic nitrogens is 1. The van der Waals surface area contributed by atoms with Crippen molar-refractivity contribution in [1.29, 1.82) is 0 Å². The lowest BCUT2D eigenvalue weighted by molar-refractivity contribution is -0.139. The lowest BCUT2D eigenvalue weighted by atomic mass is 9.63. The van der Waals surface area contributed by atoms with Crippen LogP contribution in [0.4, 0.5) is 5.82 Å². The molecule has 7 nitrogen and oxygen atoms in total. The zero-order valence-electron chi connectivity index (χ0n) is 22.0. The predicted molar refractivity (Wildman–Crippen MR) is 144 cm³/mol. The van der Waals surface area contributed by atoms with E-state index in [1.807, 2.05) is 54.6 Å². The van der Waals surface area contributed by atoms with Crippen molar-refractivity contribution in [3.8, 4) is 5.75 Å². The molecule has 5 atom stereocenters. The van der Waals surface area contributed by atoms with Crippen LogP contribution < -0.4 is 9.64 Å². The van der Waals surface area contributed by atoms with Crippen molar-refractivity contribution in [2.75, 3.05) is 4.90 Å². The van der Waals surface area contributed by atoms with Crippen LogP contribution in [0.2, 0.25) is 0 Å². The van der Waals surface area contributed by atoms with Crippen molar-refractivity contribution >= 4 is 17.5 Å². The van der Waals surface area contributed by atoms with Crippen LogP contribution in [0.3, 0.4) is 0 Å². The number of benzene rings is 2. The molecule has 1 aromatic heterocycles. The predicted octanol–water partition coefficient (Wildman–Crippen LogP) is 6.09. The topological polar surface area (TPSA) is 81.9 Å². The third-order valence-corrected chi connectivity index (χ3v) is 8.96. The quantitative estimate of drug-likeness (QED) is 0.402. The van der Waals surface area contributed by atoms with E-state index in [-0.39, 0.29) is 29.5 Å². The van der Waals surface area contributed by atoms with Gasteiger partial charge >= 0.3 is 0 Å². The summed E-state index contributed by atoms with van der Waals surface area (Å²) in [4.78, 5) is 29.8. The highest BCUT2D eigenvalue weighted by Gasteiger charge is 2.56. The van der Waals surface area contributed by atoms with Gasteiger partial charge in [0.2, 0.25) is 0 Å². The Kier molecular flexibility index (Phi) is 6.02. The number of anilines is 1. The first-order chi connectivity index (χ1) is 19.1. The first kappa shape index (κ1) is 24.2. The van der Waals surface area contributed by atoms with Gasteiger partial charge in [-0.3, -0.25) is 14.5 Å². The van der Waals surface area contributed by atoms with Gasteiger partial charge < -0.3 is 14.0 Å². The number of carbonyl (C=O) groups excluding carboxylic acids is 2. The number of hydrogen-bond donors (Lipinski definition) is 0. The van der Waals surface area contributed by atoms with E-state index < -0.39 is 6.04 Å². The van der Waals surface area contributed by atoms with Crippen LogP contribution in [-0.2, 0) is 20.9 Å². The molecule has 2 fully saturated rings. The Balaban J connectivity index is 1.27. The Morgan fingerprint density at radius 3 is 2.64 bits per heavy atom. The Morgan fingerprint density at radius 2 is 1.82 bits per heavy atom. The molecule has 200 valence electrons. The Labute approximate surface area is 227 Å². The fourth-order valence-electron chi connectivity index (χ4n) is 7.16. The molecule has 3 aromatic rings. The van der Waals surface area contributed by atoms with Crippen LogP contribution in [0.15, 0.2) is 76.5 Å². The van der Waals surface area contributed by atoms with Crippen LogP contribution >= 0.6 is 0 Å². The first-order valence-electron chi connectivity index (χ1n) is 14.1. The van der Waals surface area contributed by atoms with E-state index in [2.05, 4.69) is 5.16 Å². The highest BCUT2D eigenvalue weighted by molar-refractivity contribution is 6.17. The van der Waals surface area contributed by atoms with Gasteiger partial charge in [0.15, 0.2) is 17.4 Å². The zero-order chi connectivity index (χ0) is 26.5. The number of rotatable bonds is 5. The van der Waals surface area contributed by atoms with Crippen molar-refractivity contribution in [3.63, 3.8) is 0 Å². The van der Waals surface area contributed by atoms with Crippen LogP contribution in [-0.4, -0.2) is 23.0 Å². The number of amides is 1. The largest absolute Gasteiger partial charge is 0.489 e. The van der Waals surface area contributed by atoms with Crippen molar-refractivity contribution in [2.45, 2.75) is 64.2 Å². The second kappa shape index (κ2) is 9.70. The van der Waals surface area contributed by atoms with Crippen molar-refractivity contribution in [3.05, 3.63) is 88.9 Å². The Morgan fingerprint density at radius 1 is 0.974 bits per heavy atom. The van der Waals surface area contributed by atoms with Gasteiger partial charge in [-0.2, -0.15) is 0 Å². The van der Waals surface area contributed by atoms with E-state index in [1.54, 1.807) is 17.9 Å². The summed E-state index contributed by atoms with van der Waals surface area (Å²) in [6.07, 6.45) is 6.29. The normalized spacial score (nSPS) is 28.0. The summed E-state index contributed by atoms with van der Waals surface area (Å²) in [6.45, 7) is 2.21. The minimum Gasteiger partial charge on any atom is -0.489 e. The summed E-state index contributed by atoms with van der Waals surface area (Å²) in [5.74, 6) is 2.23. The van der Waals surface area contributed by atoms with Gasteiger partial charge in [-0.25, -0.2) is 0 Å². The van der Waals surface area contributed by atoms with Crippen LogP contribution in [0.25, 0.3) is 0 Å². The number of hydrogen-bond acceptors (Lipinski definition) is 6. The molecule has 0 bridgehead atoms. The molecular formula is C32H32N2O5. The fraction of sp³-hybridized carbons (Fsp3) is 0.406. The molecule has 2 aromatic carbocycles. The third kappa shape index (κ3) is 4.15. The molecule has 0 radical (unpaired) electrons. The standard InChI is InChI=1S/C32H32N2O5/c1-19-16-26(33-39-19)34-28(22-11-7-12-23(17-22)37-18-20-8-3-2-4-9-20)27-29(35)25-15-14-21-10-5-6-13-24(21)30(25)38-31(27)32(34)36/h2-4,7-9,11-12,16-17,21,24-25,28,30H,5-6,10,13-15,18H2,1H3. The second-order valence-electron chi connectivity index (χ2n) is 11.3. The Hall–Kier alpha value is -3.87. The highest BCUT2D eigenvalue weighted by atomic mass is 16.5. The molecule has 2 saturated carbocycles. The van der Waals surface area contributed by atoms with Crippen LogP contribution in [0.5, 0.6) is 5.75 Å². The van der Waals surface area contributed by atoms with E-state index in [0.717, 1.165) is 36.8 Å². The van der Waals surface area contributed by atoms with E-state index >= 15 is 0 Å². The molecule has 4 aliphatic rings. The monoisotopic (exact) mass is 524 g/mol. The number of Topliss-reactive ketones (excluding diaryl/α,β-unsaturated/α-hetero) is 1. The minimum absolute atomic E-state index is 0.0435. The lowest BCUT2D eigenvalue weighted by Gasteiger charge is -2.46. The van der Waals surface area contributed by atoms with E-state index in [9.17, 15) is 9.59 Å². The number of carbonyl (C=O) groups is 2. The number of ether oxygens (including phenoxy) is 2. The summed E-state index contributed by atoms with van der Waals surface area (Å²) in [5.41, 5.74) is 2.28. The summed E-state index contributed by atoms with van der Waals surface area (Å²) in [7, 11) is 0. The molecular weight excluding hydrogens is 492 g/mol. The van der Waals surface area contributed by atoms with Gasteiger partial charge in [0.05, 0.1) is 17.5 Å². The van der Waals surface area contributed by atoms with Crippen LogP contribution in [0.1, 0.15) is 61.5 Å². The smallest absolute Gasteiger partial charge is 0.295 e. The number of nitrogens with zero attached hydrogens (tertiary/aromatic N) is 2. The third-order valence-electron chi connectivity index (χ3n) is 8.96. The highest BCUT2D eigenvalue weighted by Crippen LogP contribution is 2.52. The second-order valence-corrected chi connectivity index (χ2v) is 11.3.